The first-order valence-electron chi connectivity index (χ1n) is 7.90. The van der Waals surface area contributed by atoms with Crippen molar-refractivity contribution in [2.24, 2.45) is 0 Å². The first kappa shape index (κ1) is 19.2. The predicted molar refractivity (Wildman–Crippen MR) is 93.8 cm³/mol. The number of benzene rings is 2. The van der Waals surface area contributed by atoms with Crippen LogP contribution < -0.4 is 14.8 Å². The minimum absolute atomic E-state index is 0.213. The molecule has 26 heavy (non-hydrogen) atoms. The molecule has 0 unspecified atom stereocenters. The number of carbonyl (C=O) groups excluding carboxylic acids is 2. The molecular weight excluding hydrogens is 341 g/mol. The fraction of sp³-hybridized carbons (Fsp3) is 0.263. The van der Waals surface area contributed by atoms with E-state index in [0.29, 0.717) is 17.2 Å². The predicted octanol–water partition coefficient (Wildman–Crippen LogP) is 2.96. The summed E-state index contributed by atoms with van der Waals surface area (Å²) in [5.74, 6) is -0.722. The van der Waals surface area contributed by atoms with Crippen molar-refractivity contribution in [1.82, 2.24) is 0 Å². The Bertz CT molecular complexity index is 793. The Morgan fingerprint density at radius 2 is 1.77 bits per heavy atom. The van der Waals surface area contributed by atoms with Crippen LogP contribution in [0.15, 0.2) is 42.5 Å². The maximum atomic E-state index is 13.6. The average molecular weight is 361 g/mol. The molecule has 138 valence electrons. The van der Waals surface area contributed by atoms with Gasteiger partial charge in [-0.3, -0.25) is 9.59 Å². The van der Waals surface area contributed by atoms with Crippen molar-refractivity contribution in [3.63, 3.8) is 0 Å². The number of hydrogen-bond donors (Lipinski definition) is 1. The van der Waals surface area contributed by atoms with E-state index in [1.807, 2.05) is 0 Å². The SMILES string of the molecule is COc1ccc(NC(=O)[C@H](C)OC(=O)Cc2ccccc2F)cc1OC. The molecule has 0 aliphatic rings. The Kier molecular flexibility index (Phi) is 6.54. The lowest BCUT2D eigenvalue weighted by atomic mass is 10.1. The number of esters is 1. The second-order valence-electron chi connectivity index (χ2n) is 5.46. The molecule has 1 atom stereocenters. The van der Waals surface area contributed by atoms with Gasteiger partial charge < -0.3 is 19.5 Å². The van der Waals surface area contributed by atoms with E-state index in [4.69, 9.17) is 14.2 Å². The van der Waals surface area contributed by atoms with E-state index < -0.39 is 23.8 Å². The minimum atomic E-state index is -1.04. The molecule has 0 spiro atoms. The highest BCUT2D eigenvalue weighted by Gasteiger charge is 2.19. The van der Waals surface area contributed by atoms with Crippen LogP contribution in [-0.2, 0) is 20.7 Å². The molecule has 7 heteroatoms. The lowest BCUT2D eigenvalue weighted by Crippen LogP contribution is -2.30. The van der Waals surface area contributed by atoms with Gasteiger partial charge in [0.05, 0.1) is 20.6 Å². The van der Waals surface area contributed by atoms with Crippen molar-refractivity contribution in [2.75, 3.05) is 19.5 Å². The van der Waals surface area contributed by atoms with Gasteiger partial charge in [0.15, 0.2) is 17.6 Å². The summed E-state index contributed by atoms with van der Waals surface area (Å²) in [6.07, 6.45) is -1.29. The summed E-state index contributed by atoms with van der Waals surface area (Å²) in [7, 11) is 2.99. The Morgan fingerprint density at radius 1 is 1.08 bits per heavy atom. The molecule has 0 radical (unpaired) electrons. The van der Waals surface area contributed by atoms with Crippen molar-refractivity contribution in [3.8, 4) is 11.5 Å². The highest BCUT2D eigenvalue weighted by Crippen LogP contribution is 2.29. The maximum absolute atomic E-state index is 13.6. The third kappa shape index (κ3) is 4.95. The minimum Gasteiger partial charge on any atom is -0.493 e. The summed E-state index contributed by atoms with van der Waals surface area (Å²) in [6, 6.07) is 10.8. The lowest BCUT2D eigenvalue weighted by Gasteiger charge is -2.15. The summed E-state index contributed by atoms with van der Waals surface area (Å²) in [5.41, 5.74) is 0.676. The fourth-order valence-corrected chi connectivity index (χ4v) is 2.25. The smallest absolute Gasteiger partial charge is 0.311 e. The van der Waals surface area contributed by atoms with Gasteiger partial charge in [0.1, 0.15) is 5.82 Å². The average Bonchev–Trinajstić information content (AvgIpc) is 2.63. The zero-order chi connectivity index (χ0) is 19.1. The molecule has 0 saturated heterocycles. The molecule has 0 saturated carbocycles. The number of rotatable bonds is 7. The van der Waals surface area contributed by atoms with Crippen LogP contribution in [0.5, 0.6) is 11.5 Å². The van der Waals surface area contributed by atoms with Crippen LogP contribution in [0.25, 0.3) is 0 Å². The molecule has 0 heterocycles. The number of hydrogen-bond acceptors (Lipinski definition) is 5. The molecule has 2 aromatic rings. The number of ether oxygens (including phenoxy) is 3. The summed E-state index contributed by atoms with van der Waals surface area (Å²) < 4.78 is 28.9. The van der Waals surface area contributed by atoms with Gasteiger partial charge in [-0.05, 0) is 30.7 Å². The van der Waals surface area contributed by atoms with Crippen LogP contribution in [0.3, 0.4) is 0 Å². The van der Waals surface area contributed by atoms with Crippen molar-refractivity contribution in [3.05, 3.63) is 53.8 Å². The highest BCUT2D eigenvalue weighted by atomic mass is 19.1. The van der Waals surface area contributed by atoms with Gasteiger partial charge >= 0.3 is 5.97 Å². The van der Waals surface area contributed by atoms with Gasteiger partial charge in [-0.15, -0.1) is 0 Å². The molecule has 0 fully saturated rings. The Hall–Kier alpha value is -3.09. The van der Waals surface area contributed by atoms with E-state index in [1.54, 1.807) is 24.3 Å². The third-order valence-electron chi connectivity index (χ3n) is 3.62. The van der Waals surface area contributed by atoms with Crippen molar-refractivity contribution >= 4 is 17.6 Å². The topological polar surface area (TPSA) is 73.9 Å². The van der Waals surface area contributed by atoms with Crippen molar-refractivity contribution in [2.45, 2.75) is 19.4 Å². The van der Waals surface area contributed by atoms with Crippen molar-refractivity contribution in [1.29, 1.82) is 0 Å². The van der Waals surface area contributed by atoms with Crippen LogP contribution in [0.1, 0.15) is 12.5 Å². The normalized spacial score (nSPS) is 11.4. The molecule has 0 bridgehead atoms. The molecule has 0 aromatic heterocycles. The number of anilines is 1. The monoisotopic (exact) mass is 361 g/mol. The number of halogens is 1. The van der Waals surface area contributed by atoms with Crippen LogP contribution in [0.4, 0.5) is 10.1 Å². The molecule has 2 rings (SSSR count). The summed E-state index contributed by atoms with van der Waals surface area (Å²) >= 11 is 0. The number of nitrogens with one attached hydrogen (secondary N) is 1. The summed E-state index contributed by atoms with van der Waals surface area (Å²) in [5, 5.41) is 2.62. The van der Waals surface area contributed by atoms with E-state index in [2.05, 4.69) is 5.32 Å². The molecule has 1 amide bonds. The van der Waals surface area contributed by atoms with E-state index >= 15 is 0 Å². The third-order valence-corrected chi connectivity index (χ3v) is 3.62. The maximum Gasteiger partial charge on any atom is 0.311 e. The van der Waals surface area contributed by atoms with Crippen LogP contribution in [0, 0.1) is 5.82 Å². The zero-order valence-corrected chi connectivity index (χ0v) is 14.7. The Balaban J connectivity index is 1.95. The summed E-state index contributed by atoms with van der Waals surface area (Å²) in [4.78, 5) is 24.1. The van der Waals surface area contributed by atoms with Crippen molar-refractivity contribution < 1.29 is 28.2 Å². The first-order valence-corrected chi connectivity index (χ1v) is 7.90. The van der Waals surface area contributed by atoms with Crippen LogP contribution in [0.2, 0.25) is 0 Å². The van der Waals surface area contributed by atoms with E-state index in [9.17, 15) is 14.0 Å². The lowest BCUT2D eigenvalue weighted by molar-refractivity contribution is -0.152. The largest absolute Gasteiger partial charge is 0.493 e. The quantitative estimate of drug-likeness (QED) is 0.768. The van der Waals surface area contributed by atoms with Gasteiger partial charge in [0, 0.05) is 11.8 Å². The number of carbonyl (C=O) groups is 2. The van der Waals surface area contributed by atoms with Crippen LogP contribution in [-0.4, -0.2) is 32.2 Å². The Morgan fingerprint density at radius 3 is 2.42 bits per heavy atom. The zero-order valence-electron chi connectivity index (χ0n) is 14.7. The van der Waals surface area contributed by atoms with Gasteiger partial charge in [-0.25, -0.2) is 4.39 Å². The molecule has 0 aliphatic carbocycles. The van der Waals surface area contributed by atoms with E-state index in [-0.39, 0.29) is 12.0 Å². The fourth-order valence-electron chi connectivity index (χ4n) is 2.25. The first-order chi connectivity index (χ1) is 12.4. The number of methoxy groups -OCH3 is 2. The standard InChI is InChI=1S/C19H20FNO5/c1-12(26-18(22)10-13-6-4-5-7-15(13)20)19(23)21-14-8-9-16(24-2)17(11-14)25-3/h4-9,11-12H,10H2,1-3H3,(H,21,23)/t12-/m0/s1. The molecule has 0 aliphatic heterocycles. The molecule has 6 nitrogen and oxygen atoms in total. The summed E-state index contributed by atoms with van der Waals surface area (Å²) in [6.45, 7) is 1.44. The highest BCUT2D eigenvalue weighted by molar-refractivity contribution is 5.95. The molecule has 1 N–H and O–H groups in total. The Labute approximate surface area is 150 Å². The second kappa shape index (κ2) is 8.84. The van der Waals surface area contributed by atoms with E-state index in [1.165, 1.54) is 39.3 Å². The number of amides is 1. The second-order valence-corrected chi connectivity index (χ2v) is 5.46. The molecule has 2 aromatic carbocycles. The van der Waals surface area contributed by atoms with Gasteiger partial charge in [0.2, 0.25) is 0 Å². The van der Waals surface area contributed by atoms with Gasteiger partial charge in [-0.2, -0.15) is 0 Å². The van der Waals surface area contributed by atoms with Crippen LogP contribution >= 0.6 is 0 Å². The van der Waals surface area contributed by atoms with E-state index in [0.717, 1.165) is 0 Å². The van der Waals surface area contributed by atoms with Gasteiger partial charge in [-0.1, -0.05) is 18.2 Å². The van der Waals surface area contributed by atoms with Gasteiger partial charge in [0.25, 0.3) is 5.91 Å². The molecular formula is C19H20FNO5.